The van der Waals surface area contributed by atoms with Gasteiger partial charge in [-0.3, -0.25) is 0 Å². The number of allylic oxidation sites excluding steroid dienone is 8. The third-order valence-corrected chi connectivity index (χ3v) is 8.67. The predicted molar refractivity (Wildman–Crippen MR) is 53.9 cm³/mol. The van der Waals surface area contributed by atoms with Gasteiger partial charge in [0.1, 0.15) is 0 Å². The van der Waals surface area contributed by atoms with Crippen LogP contribution < -0.4 is 12.4 Å². The summed E-state index contributed by atoms with van der Waals surface area (Å²) in [6.07, 6.45) is 15.8. The summed E-state index contributed by atoms with van der Waals surface area (Å²) in [6, 6.07) is 0. The van der Waals surface area contributed by atoms with Crippen molar-refractivity contribution in [2.45, 2.75) is 12.8 Å². The number of hydrogen-bond acceptors (Lipinski definition) is 0. The van der Waals surface area contributed by atoms with Crippen molar-refractivity contribution in [1.82, 2.24) is 0 Å². The van der Waals surface area contributed by atoms with Crippen molar-refractivity contribution in [3.8, 4) is 0 Å². The molecule has 0 aromatic rings. The molecule has 2 heteroatoms. The monoisotopic (exact) mass is 282 g/mol. The second-order valence-corrected chi connectivity index (χ2v) is 9.46. The maximum atomic E-state index is 4.00. The minimum absolute atomic E-state index is 0. The molecule has 2 rings (SSSR count). The molecule has 0 heterocycles. The molecule has 14 heavy (non-hydrogen) atoms. The van der Waals surface area contributed by atoms with E-state index >= 15 is 0 Å². The van der Waals surface area contributed by atoms with E-state index in [9.17, 15) is 0 Å². The summed E-state index contributed by atoms with van der Waals surface area (Å²) >= 11 is -1.55. The average molecular weight is 284 g/mol. The van der Waals surface area contributed by atoms with E-state index in [1.54, 1.807) is 6.56 Å². The molecule has 0 saturated carbocycles. The first-order valence-electron chi connectivity index (χ1n) is 4.63. The van der Waals surface area contributed by atoms with Crippen LogP contribution in [0.25, 0.3) is 0 Å². The molecular formula is C12H13ClZr. The summed E-state index contributed by atoms with van der Waals surface area (Å²) in [4.78, 5) is 0. The first-order valence-corrected chi connectivity index (χ1v) is 8.51. The molecule has 0 amide bonds. The Kier molecular flexibility index (Phi) is 4.85. The maximum absolute atomic E-state index is 4.00. The van der Waals surface area contributed by atoms with E-state index in [-0.39, 0.29) is 12.4 Å². The topological polar surface area (TPSA) is 0 Å². The van der Waals surface area contributed by atoms with Gasteiger partial charge in [-0.1, -0.05) is 0 Å². The Morgan fingerprint density at radius 2 is 1.57 bits per heavy atom. The third-order valence-electron chi connectivity index (χ3n) is 2.44. The Morgan fingerprint density at radius 3 is 1.86 bits per heavy atom. The fourth-order valence-corrected chi connectivity index (χ4v) is 7.08. The van der Waals surface area contributed by atoms with E-state index in [4.69, 9.17) is 0 Å². The third kappa shape index (κ3) is 2.46. The molecule has 0 atom stereocenters. The van der Waals surface area contributed by atoms with Crippen LogP contribution in [0.15, 0.2) is 53.4 Å². The van der Waals surface area contributed by atoms with Crippen molar-refractivity contribution in [1.29, 1.82) is 0 Å². The minimum atomic E-state index is -1.55. The Labute approximate surface area is 99.9 Å². The quantitative estimate of drug-likeness (QED) is 0.705. The van der Waals surface area contributed by atoms with Gasteiger partial charge in [-0.2, -0.15) is 0 Å². The number of halogens is 1. The fourth-order valence-electron chi connectivity index (χ4n) is 1.76. The summed E-state index contributed by atoms with van der Waals surface area (Å²) in [5.74, 6) is 0. The molecular weight excluding hydrogens is 271 g/mol. The fraction of sp³-hybridized carbons (Fsp3) is 0.167. The summed E-state index contributed by atoms with van der Waals surface area (Å²) < 4.78 is 5.60. The molecule has 72 valence electrons. The predicted octanol–water partition coefficient (Wildman–Crippen LogP) is 0.440. The van der Waals surface area contributed by atoms with E-state index in [1.165, 1.54) is 12.8 Å². The molecule has 0 aromatic heterocycles. The van der Waals surface area contributed by atoms with Gasteiger partial charge >= 0.3 is 88.0 Å². The summed E-state index contributed by atoms with van der Waals surface area (Å²) in [6.45, 7) is 4.00. The molecule has 2 aliphatic rings. The molecule has 0 fully saturated rings. The molecule has 0 bridgehead atoms. The van der Waals surface area contributed by atoms with Crippen LogP contribution in [0.3, 0.4) is 0 Å². The summed E-state index contributed by atoms with van der Waals surface area (Å²) in [5.41, 5.74) is 0. The van der Waals surface area contributed by atoms with E-state index < -0.39 is 21.8 Å². The average Bonchev–Trinajstić information content (AvgIpc) is 2.76. The van der Waals surface area contributed by atoms with Gasteiger partial charge < -0.3 is 12.4 Å². The van der Waals surface area contributed by atoms with Crippen LogP contribution in [0.5, 0.6) is 0 Å². The van der Waals surface area contributed by atoms with Gasteiger partial charge in [0.15, 0.2) is 0 Å². The van der Waals surface area contributed by atoms with Crippen molar-refractivity contribution in [3.63, 3.8) is 0 Å². The van der Waals surface area contributed by atoms with Crippen LogP contribution in [-0.2, 0) is 21.8 Å². The van der Waals surface area contributed by atoms with E-state index in [2.05, 4.69) is 46.8 Å². The van der Waals surface area contributed by atoms with Crippen LogP contribution in [0.2, 0.25) is 0 Å². The normalized spacial score (nSPS) is 17.4. The largest absolute Gasteiger partial charge is 1.00 e. The zero-order valence-electron chi connectivity index (χ0n) is 8.04. The molecule has 0 saturated heterocycles. The molecule has 0 aliphatic heterocycles. The standard InChI is InChI=1S/2C5H5.C2H3.ClH.Zr/c2*1-2-4-5-3-1;1-2;;/h2*1-3H,4H2;1H,2H2;1H;/q;;;;+1/p-1. The van der Waals surface area contributed by atoms with Gasteiger partial charge in [-0.25, -0.2) is 0 Å². The SMILES string of the molecule is C=[CH][Zr+]([C]1=CC=CC1)[C]1=CC=CC1.[Cl-]. The Hall–Kier alpha value is -0.127. The molecule has 0 unspecified atom stereocenters. The van der Waals surface area contributed by atoms with Crippen LogP contribution >= 0.6 is 0 Å². The summed E-state index contributed by atoms with van der Waals surface area (Å²) in [5, 5.41) is 0. The first kappa shape index (κ1) is 11.9. The van der Waals surface area contributed by atoms with Gasteiger partial charge in [-0.15, -0.1) is 0 Å². The van der Waals surface area contributed by atoms with Crippen molar-refractivity contribution in [2.24, 2.45) is 0 Å². The zero-order chi connectivity index (χ0) is 9.10. The van der Waals surface area contributed by atoms with Crippen LogP contribution in [0.4, 0.5) is 0 Å². The van der Waals surface area contributed by atoms with Crippen LogP contribution in [0.1, 0.15) is 12.8 Å². The van der Waals surface area contributed by atoms with Crippen molar-refractivity contribution in [3.05, 3.63) is 53.4 Å². The van der Waals surface area contributed by atoms with Crippen LogP contribution in [0, 0.1) is 0 Å². The smallest absolute Gasteiger partial charge is 1.00 e. The van der Waals surface area contributed by atoms with E-state index in [0.29, 0.717) is 0 Å². The number of hydrogen-bond donors (Lipinski definition) is 0. The van der Waals surface area contributed by atoms with Crippen molar-refractivity contribution >= 4 is 0 Å². The Balaban J connectivity index is 0.000000980. The summed E-state index contributed by atoms with van der Waals surface area (Å²) in [7, 11) is 0. The van der Waals surface area contributed by atoms with Crippen molar-refractivity contribution in [2.75, 3.05) is 0 Å². The second kappa shape index (κ2) is 5.68. The molecule has 2 aliphatic carbocycles. The zero-order valence-corrected chi connectivity index (χ0v) is 11.3. The number of rotatable bonds is 3. The first-order chi connectivity index (χ1) is 6.42. The van der Waals surface area contributed by atoms with Crippen molar-refractivity contribution < 1.29 is 34.2 Å². The van der Waals surface area contributed by atoms with Gasteiger partial charge in [0.05, 0.1) is 0 Å². The molecule has 0 radical (unpaired) electrons. The molecule has 0 nitrogen and oxygen atoms in total. The van der Waals surface area contributed by atoms with Gasteiger partial charge in [-0.05, 0) is 0 Å². The van der Waals surface area contributed by atoms with Gasteiger partial charge in [0.2, 0.25) is 0 Å². The Morgan fingerprint density at radius 1 is 1.07 bits per heavy atom. The molecule has 0 spiro atoms. The van der Waals surface area contributed by atoms with E-state index in [1.807, 2.05) is 0 Å². The van der Waals surface area contributed by atoms with Gasteiger partial charge in [0, 0.05) is 0 Å². The minimum Gasteiger partial charge on any atom is -1.00 e. The second-order valence-electron chi connectivity index (χ2n) is 3.27. The van der Waals surface area contributed by atoms with E-state index in [0.717, 1.165) is 0 Å². The van der Waals surface area contributed by atoms with Crippen LogP contribution in [-0.4, -0.2) is 0 Å². The molecule has 0 N–H and O–H groups in total. The van der Waals surface area contributed by atoms with Gasteiger partial charge in [0.25, 0.3) is 0 Å². The Bertz CT molecular complexity index is 304. The maximum Gasteiger partial charge on any atom is -1.00 e. The molecule has 0 aromatic carbocycles.